The molecule has 0 aliphatic rings. The van der Waals surface area contributed by atoms with E-state index in [2.05, 4.69) is 20.7 Å². The minimum Gasteiger partial charge on any atom is -0.461 e. The lowest BCUT2D eigenvalue weighted by Crippen LogP contribution is -2.24. The lowest BCUT2D eigenvalue weighted by Gasteiger charge is -2.10. The Morgan fingerprint density at radius 1 is 1.60 bits per heavy atom. The number of benzene rings is 1. The summed E-state index contributed by atoms with van der Waals surface area (Å²) in [6.07, 6.45) is -2.08. The summed E-state index contributed by atoms with van der Waals surface area (Å²) < 4.78 is 23.0. The van der Waals surface area contributed by atoms with Crippen molar-refractivity contribution < 1.29 is 18.7 Å². The highest BCUT2D eigenvalue weighted by molar-refractivity contribution is 9.10. The minimum absolute atomic E-state index is 0.126. The first kappa shape index (κ1) is 12.0. The van der Waals surface area contributed by atoms with Gasteiger partial charge in [0, 0.05) is 4.47 Å². The van der Waals surface area contributed by atoms with Crippen LogP contribution in [0.1, 0.15) is 6.92 Å². The summed E-state index contributed by atoms with van der Waals surface area (Å²) in [7, 11) is 0. The molecular formula is C10H10BrFO3. The first-order valence-electron chi connectivity index (χ1n) is 4.36. The predicted octanol–water partition coefficient (Wildman–Crippen LogP) is 2.69. The van der Waals surface area contributed by atoms with Gasteiger partial charge in [-0.2, -0.15) is 4.39 Å². The highest BCUT2D eigenvalue weighted by atomic mass is 79.9. The van der Waals surface area contributed by atoms with E-state index >= 15 is 0 Å². The average Bonchev–Trinajstić information content (AvgIpc) is 2.18. The fourth-order valence-corrected chi connectivity index (χ4v) is 1.29. The van der Waals surface area contributed by atoms with Gasteiger partial charge < -0.3 is 9.47 Å². The van der Waals surface area contributed by atoms with Gasteiger partial charge in [-0.15, -0.1) is 0 Å². The molecule has 0 bridgehead atoms. The Kier molecular flexibility index (Phi) is 4.55. The third kappa shape index (κ3) is 3.87. The maximum absolute atomic E-state index is 13.1. The molecule has 0 amide bonds. The van der Waals surface area contributed by atoms with Gasteiger partial charge in [0.05, 0.1) is 6.61 Å². The van der Waals surface area contributed by atoms with Gasteiger partial charge in [0.15, 0.2) is 0 Å². The van der Waals surface area contributed by atoms with Crippen molar-refractivity contribution >= 4 is 21.9 Å². The lowest BCUT2D eigenvalue weighted by molar-refractivity contribution is -0.159. The first-order valence-corrected chi connectivity index (χ1v) is 5.15. The van der Waals surface area contributed by atoms with Gasteiger partial charge in [-0.25, -0.2) is 4.79 Å². The van der Waals surface area contributed by atoms with Crippen molar-refractivity contribution in [3.8, 4) is 5.75 Å². The fraction of sp³-hybridized carbons (Fsp3) is 0.300. The van der Waals surface area contributed by atoms with Gasteiger partial charge in [0.2, 0.25) is 0 Å². The van der Waals surface area contributed by atoms with Gasteiger partial charge in [-0.1, -0.05) is 22.0 Å². The van der Waals surface area contributed by atoms with Crippen LogP contribution in [-0.2, 0) is 9.53 Å². The summed E-state index contributed by atoms with van der Waals surface area (Å²) in [5.41, 5.74) is 0. The van der Waals surface area contributed by atoms with E-state index in [-0.39, 0.29) is 12.4 Å². The van der Waals surface area contributed by atoms with Gasteiger partial charge in [-0.05, 0) is 25.1 Å². The lowest BCUT2D eigenvalue weighted by atomic mass is 10.3. The van der Waals surface area contributed by atoms with E-state index in [4.69, 9.17) is 4.74 Å². The number of carbonyl (C=O) groups excluding carboxylic acids is 1. The molecular weight excluding hydrogens is 267 g/mol. The second-order valence-electron chi connectivity index (χ2n) is 2.64. The normalized spacial score (nSPS) is 11.9. The Morgan fingerprint density at radius 2 is 2.33 bits per heavy atom. The SMILES string of the molecule is CCOC(=O)C(F)Oc1cccc(Br)c1. The van der Waals surface area contributed by atoms with Crippen LogP contribution in [0, 0.1) is 0 Å². The molecule has 0 heterocycles. The number of rotatable bonds is 4. The number of hydrogen-bond donors (Lipinski definition) is 0. The number of ether oxygens (including phenoxy) is 2. The Labute approximate surface area is 95.3 Å². The second kappa shape index (κ2) is 5.70. The van der Waals surface area contributed by atoms with E-state index in [0.29, 0.717) is 0 Å². The topological polar surface area (TPSA) is 35.5 Å². The zero-order valence-electron chi connectivity index (χ0n) is 8.07. The van der Waals surface area contributed by atoms with E-state index in [9.17, 15) is 9.18 Å². The van der Waals surface area contributed by atoms with Gasteiger partial charge >= 0.3 is 12.3 Å². The van der Waals surface area contributed by atoms with Crippen LogP contribution in [0.2, 0.25) is 0 Å². The molecule has 0 fully saturated rings. The van der Waals surface area contributed by atoms with Crippen LogP contribution in [0.25, 0.3) is 0 Å². The predicted molar refractivity (Wildman–Crippen MR) is 56.3 cm³/mol. The molecule has 1 atom stereocenters. The summed E-state index contributed by atoms with van der Waals surface area (Å²) in [4.78, 5) is 10.9. The third-order valence-electron chi connectivity index (χ3n) is 1.51. The largest absolute Gasteiger partial charge is 0.461 e. The van der Waals surface area contributed by atoms with Crippen molar-refractivity contribution in [2.24, 2.45) is 0 Å². The van der Waals surface area contributed by atoms with E-state index in [1.54, 1.807) is 31.2 Å². The minimum atomic E-state index is -2.08. The maximum atomic E-state index is 13.1. The van der Waals surface area contributed by atoms with Crippen LogP contribution in [0.15, 0.2) is 28.7 Å². The summed E-state index contributed by atoms with van der Waals surface area (Å²) in [5, 5.41) is 0. The van der Waals surface area contributed by atoms with Crippen molar-refractivity contribution in [1.29, 1.82) is 0 Å². The molecule has 0 saturated carbocycles. The number of halogens is 2. The zero-order valence-corrected chi connectivity index (χ0v) is 9.66. The monoisotopic (exact) mass is 276 g/mol. The highest BCUT2D eigenvalue weighted by Crippen LogP contribution is 2.19. The Morgan fingerprint density at radius 3 is 2.93 bits per heavy atom. The molecule has 82 valence electrons. The van der Waals surface area contributed by atoms with E-state index in [1.165, 1.54) is 0 Å². The molecule has 1 rings (SSSR count). The van der Waals surface area contributed by atoms with E-state index in [0.717, 1.165) is 4.47 Å². The van der Waals surface area contributed by atoms with Crippen molar-refractivity contribution in [2.75, 3.05) is 6.61 Å². The molecule has 0 radical (unpaired) electrons. The number of alkyl halides is 1. The average molecular weight is 277 g/mol. The first-order chi connectivity index (χ1) is 7.13. The third-order valence-corrected chi connectivity index (χ3v) is 2.00. The molecule has 5 heteroatoms. The van der Waals surface area contributed by atoms with Crippen molar-refractivity contribution in [3.05, 3.63) is 28.7 Å². The molecule has 0 aromatic heterocycles. The second-order valence-corrected chi connectivity index (χ2v) is 3.56. The van der Waals surface area contributed by atoms with Crippen LogP contribution in [0.4, 0.5) is 4.39 Å². The molecule has 0 aliphatic carbocycles. The van der Waals surface area contributed by atoms with Crippen molar-refractivity contribution in [3.63, 3.8) is 0 Å². The summed E-state index contributed by atoms with van der Waals surface area (Å²) in [5.74, 6) is -0.748. The molecule has 1 unspecified atom stereocenters. The van der Waals surface area contributed by atoms with Crippen LogP contribution < -0.4 is 4.74 Å². The number of hydrogen-bond acceptors (Lipinski definition) is 3. The molecule has 0 saturated heterocycles. The highest BCUT2D eigenvalue weighted by Gasteiger charge is 2.20. The van der Waals surface area contributed by atoms with Crippen LogP contribution in [0.3, 0.4) is 0 Å². The summed E-state index contributed by atoms with van der Waals surface area (Å²) in [6, 6.07) is 6.56. The van der Waals surface area contributed by atoms with Crippen LogP contribution in [0.5, 0.6) is 5.75 Å². The Balaban J connectivity index is 2.58. The van der Waals surface area contributed by atoms with Crippen molar-refractivity contribution in [1.82, 2.24) is 0 Å². The molecule has 0 N–H and O–H groups in total. The molecule has 3 nitrogen and oxygen atoms in total. The van der Waals surface area contributed by atoms with Gasteiger partial charge in [0.1, 0.15) is 5.75 Å². The smallest absolute Gasteiger partial charge is 0.381 e. The quantitative estimate of drug-likeness (QED) is 0.794. The summed E-state index contributed by atoms with van der Waals surface area (Å²) in [6.45, 7) is 1.73. The fourth-order valence-electron chi connectivity index (χ4n) is 0.916. The molecule has 0 aliphatic heterocycles. The van der Waals surface area contributed by atoms with Crippen LogP contribution >= 0.6 is 15.9 Å². The number of esters is 1. The molecule has 1 aromatic rings. The van der Waals surface area contributed by atoms with Crippen LogP contribution in [-0.4, -0.2) is 18.9 Å². The van der Waals surface area contributed by atoms with Crippen molar-refractivity contribution in [2.45, 2.75) is 13.3 Å². The Bertz CT molecular complexity index is 343. The van der Waals surface area contributed by atoms with Gasteiger partial charge in [-0.3, -0.25) is 0 Å². The van der Waals surface area contributed by atoms with Gasteiger partial charge in [0.25, 0.3) is 0 Å². The number of carbonyl (C=O) groups is 1. The van der Waals surface area contributed by atoms with E-state index < -0.39 is 12.3 Å². The zero-order chi connectivity index (χ0) is 11.3. The molecule has 15 heavy (non-hydrogen) atoms. The maximum Gasteiger partial charge on any atom is 0.381 e. The molecule has 0 spiro atoms. The molecule has 1 aromatic carbocycles. The van der Waals surface area contributed by atoms with E-state index in [1.807, 2.05) is 0 Å². The summed E-state index contributed by atoms with van der Waals surface area (Å²) >= 11 is 3.20. The standard InChI is InChI=1S/C10H10BrFO3/c1-2-14-10(13)9(12)15-8-5-3-4-7(11)6-8/h3-6,9H,2H2,1H3. The Hall–Kier alpha value is -1.10.